The topological polar surface area (TPSA) is 47.0 Å². The Balaban J connectivity index is 1.30. The van der Waals surface area contributed by atoms with Gasteiger partial charge in [0.25, 0.3) is 0 Å². The van der Waals surface area contributed by atoms with Crippen LogP contribution in [0, 0.1) is 0 Å². The maximum Gasteiger partial charge on any atom is 0.193 e. The third-order valence-electron chi connectivity index (χ3n) is 5.71. The number of nitrogens with one attached hydrogen (secondary N) is 1. The highest BCUT2D eigenvalue weighted by Crippen LogP contribution is 2.24. The number of anilines is 1. The molecule has 6 nitrogen and oxygen atoms in total. The lowest BCUT2D eigenvalue weighted by Gasteiger charge is -2.25. The highest BCUT2D eigenvalue weighted by Gasteiger charge is 2.29. The van der Waals surface area contributed by atoms with Crippen molar-refractivity contribution >= 4 is 22.4 Å². The van der Waals surface area contributed by atoms with Gasteiger partial charge in [-0.25, -0.2) is 4.98 Å². The van der Waals surface area contributed by atoms with Crippen molar-refractivity contribution in [3.63, 3.8) is 0 Å². The van der Waals surface area contributed by atoms with Crippen molar-refractivity contribution in [2.24, 2.45) is 4.99 Å². The monoisotopic (exact) mass is 388 g/mol. The quantitative estimate of drug-likeness (QED) is 0.460. The van der Waals surface area contributed by atoms with Crippen LogP contribution in [-0.4, -0.2) is 79.1 Å². The van der Waals surface area contributed by atoms with Crippen LogP contribution >= 0.6 is 11.3 Å². The number of aliphatic imine (C=N–C) groups is 1. The molecule has 1 aromatic rings. The second-order valence-corrected chi connectivity index (χ2v) is 8.45. The fourth-order valence-corrected chi connectivity index (χ4v) is 5.11. The summed E-state index contributed by atoms with van der Waals surface area (Å²) in [6.07, 6.45) is 9.33. The van der Waals surface area contributed by atoms with E-state index in [-0.39, 0.29) is 0 Å². The SMILES string of the molecule is CCNC(=NCCc1csc(N2CCCC2)n1)N1CCC(N2CC=CC2)C1. The van der Waals surface area contributed by atoms with Crippen molar-refractivity contribution in [1.29, 1.82) is 0 Å². The Morgan fingerprint density at radius 3 is 2.85 bits per heavy atom. The zero-order valence-electron chi connectivity index (χ0n) is 16.4. The lowest BCUT2D eigenvalue weighted by Crippen LogP contribution is -2.43. The Labute approximate surface area is 167 Å². The second kappa shape index (κ2) is 9.06. The zero-order chi connectivity index (χ0) is 18.5. The van der Waals surface area contributed by atoms with Gasteiger partial charge in [0.05, 0.1) is 5.69 Å². The minimum absolute atomic E-state index is 0.658. The summed E-state index contributed by atoms with van der Waals surface area (Å²) in [6, 6.07) is 0.658. The molecule has 0 saturated carbocycles. The van der Waals surface area contributed by atoms with Crippen molar-refractivity contribution < 1.29 is 0 Å². The van der Waals surface area contributed by atoms with Gasteiger partial charge in [-0.1, -0.05) is 12.2 Å². The molecule has 0 radical (unpaired) electrons. The molecule has 7 heteroatoms. The summed E-state index contributed by atoms with van der Waals surface area (Å²) in [7, 11) is 0. The highest BCUT2D eigenvalue weighted by atomic mass is 32.1. The Morgan fingerprint density at radius 2 is 2.07 bits per heavy atom. The van der Waals surface area contributed by atoms with Gasteiger partial charge in [0.1, 0.15) is 0 Å². The smallest absolute Gasteiger partial charge is 0.193 e. The molecule has 1 aromatic heterocycles. The van der Waals surface area contributed by atoms with E-state index in [0.717, 1.165) is 51.6 Å². The summed E-state index contributed by atoms with van der Waals surface area (Å²) in [5.74, 6) is 1.07. The van der Waals surface area contributed by atoms with E-state index in [0.29, 0.717) is 6.04 Å². The third-order valence-corrected chi connectivity index (χ3v) is 6.66. The number of likely N-dealkylation sites (tertiary alicyclic amines) is 1. The number of hydrogen-bond acceptors (Lipinski definition) is 5. The highest BCUT2D eigenvalue weighted by molar-refractivity contribution is 7.13. The Morgan fingerprint density at radius 1 is 1.26 bits per heavy atom. The van der Waals surface area contributed by atoms with Gasteiger partial charge >= 0.3 is 0 Å². The number of guanidine groups is 1. The number of aromatic nitrogens is 1. The summed E-state index contributed by atoms with van der Waals surface area (Å²) in [4.78, 5) is 17.1. The van der Waals surface area contributed by atoms with Gasteiger partial charge in [-0.05, 0) is 26.2 Å². The third kappa shape index (κ3) is 4.63. The van der Waals surface area contributed by atoms with Crippen molar-refractivity contribution in [2.75, 3.05) is 57.3 Å². The molecule has 0 aromatic carbocycles. The van der Waals surface area contributed by atoms with Gasteiger partial charge in [0, 0.05) is 70.2 Å². The lowest BCUT2D eigenvalue weighted by molar-refractivity contribution is 0.259. The molecule has 1 atom stereocenters. The average molecular weight is 389 g/mol. The van der Waals surface area contributed by atoms with Crippen molar-refractivity contribution in [1.82, 2.24) is 20.1 Å². The predicted octanol–water partition coefficient (Wildman–Crippen LogP) is 2.20. The Kier molecular flexibility index (Phi) is 6.29. The molecule has 1 N–H and O–H groups in total. The molecule has 2 fully saturated rings. The first-order valence-electron chi connectivity index (χ1n) is 10.4. The molecule has 3 aliphatic heterocycles. The van der Waals surface area contributed by atoms with Gasteiger partial charge < -0.3 is 15.1 Å². The van der Waals surface area contributed by atoms with Crippen LogP contribution in [0.25, 0.3) is 0 Å². The standard InChI is InChI=1S/C20H32N6S/c1-2-21-19(26-14-8-18(15-26)24-10-3-4-11-24)22-9-7-17-16-27-20(23-17)25-12-5-6-13-25/h3-4,16,18H,2,5-15H2,1H3,(H,21,22). The molecule has 148 valence electrons. The lowest BCUT2D eigenvalue weighted by atomic mass is 10.2. The minimum atomic E-state index is 0.658. The van der Waals surface area contributed by atoms with E-state index in [1.54, 1.807) is 11.3 Å². The molecule has 1 unspecified atom stereocenters. The van der Waals surface area contributed by atoms with Crippen LogP contribution in [0.4, 0.5) is 5.13 Å². The van der Waals surface area contributed by atoms with E-state index in [2.05, 4.69) is 44.5 Å². The van der Waals surface area contributed by atoms with Crippen LogP contribution in [-0.2, 0) is 6.42 Å². The fraction of sp³-hybridized carbons (Fsp3) is 0.700. The van der Waals surface area contributed by atoms with E-state index in [1.165, 1.54) is 43.2 Å². The molecule has 4 rings (SSSR count). The summed E-state index contributed by atoms with van der Waals surface area (Å²) in [6.45, 7) is 10.6. The molecule has 3 aliphatic rings. The van der Waals surface area contributed by atoms with Crippen LogP contribution in [0.2, 0.25) is 0 Å². The summed E-state index contributed by atoms with van der Waals surface area (Å²) in [5.41, 5.74) is 1.18. The molecule has 0 bridgehead atoms. The summed E-state index contributed by atoms with van der Waals surface area (Å²) < 4.78 is 0. The van der Waals surface area contributed by atoms with Crippen molar-refractivity contribution in [3.8, 4) is 0 Å². The van der Waals surface area contributed by atoms with E-state index >= 15 is 0 Å². The van der Waals surface area contributed by atoms with Gasteiger partial charge in [0.2, 0.25) is 0 Å². The molecular formula is C20H32N6S. The normalized spacial score (nSPS) is 23.7. The number of hydrogen-bond donors (Lipinski definition) is 1. The fourth-order valence-electron chi connectivity index (χ4n) is 4.19. The van der Waals surface area contributed by atoms with Gasteiger partial charge in [-0.2, -0.15) is 0 Å². The predicted molar refractivity (Wildman–Crippen MR) is 114 cm³/mol. The van der Waals surface area contributed by atoms with Crippen LogP contribution in [0.5, 0.6) is 0 Å². The molecular weight excluding hydrogens is 356 g/mol. The van der Waals surface area contributed by atoms with Crippen LogP contribution in [0.1, 0.15) is 31.9 Å². The van der Waals surface area contributed by atoms with E-state index in [4.69, 9.17) is 9.98 Å². The van der Waals surface area contributed by atoms with Crippen LogP contribution < -0.4 is 10.2 Å². The van der Waals surface area contributed by atoms with Gasteiger partial charge in [-0.3, -0.25) is 9.89 Å². The molecule has 2 saturated heterocycles. The van der Waals surface area contributed by atoms with E-state index in [9.17, 15) is 0 Å². The molecule has 27 heavy (non-hydrogen) atoms. The number of rotatable bonds is 6. The van der Waals surface area contributed by atoms with Crippen molar-refractivity contribution in [2.45, 2.75) is 38.6 Å². The zero-order valence-corrected chi connectivity index (χ0v) is 17.3. The van der Waals surface area contributed by atoms with Crippen molar-refractivity contribution in [3.05, 3.63) is 23.2 Å². The largest absolute Gasteiger partial charge is 0.357 e. The minimum Gasteiger partial charge on any atom is -0.357 e. The maximum absolute atomic E-state index is 4.91. The van der Waals surface area contributed by atoms with Crippen LogP contribution in [0.15, 0.2) is 22.5 Å². The first kappa shape index (κ1) is 18.7. The average Bonchev–Trinajstić information content (AvgIpc) is 3.49. The van der Waals surface area contributed by atoms with E-state index < -0.39 is 0 Å². The molecule has 0 spiro atoms. The summed E-state index contributed by atoms with van der Waals surface area (Å²) in [5, 5.41) is 6.89. The molecule has 4 heterocycles. The van der Waals surface area contributed by atoms with Gasteiger partial charge in [0.15, 0.2) is 11.1 Å². The van der Waals surface area contributed by atoms with Gasteiger partial charge in [-0.15, -0.1) is 11.3 Å². The number of thiazole rings is 1. The first-order chi connectivity index (χ1) is 13.3. The second-order valence-electron chi connectivity index (χ2n) is 7.62. The summed E-state index contributed by atoms with van der Waals surface area (Å²) >= 11 is 1.78. The number of nitrogens with zero attached hydrogens (tertiary/aromatic N) is 5. The molecule has 0 amide bonds. The molecule has 0 aliphatic carbocycles. The Hall–Kier alpha value is -1.60. The Bertz CT molecular complexity index is 655. The van der Waals surface area contributed by atoms with Crippen LogP contribution in [0.3, 0.4) is 0 Å². The van der Waals surface area contributed by atoms with E-state index in [1.807, 2.05) is 0 Å². The maximum atomic E-state index is 4.91. The first-order valence-corrected chi connectivity index (χ1v) is 11.3.